The maximum absolute atomic E-state index is 5.82. The van der Waals surface area contributed by atoms with Crippen molar-refractivity contribution in [3.05, 3.63) is 28.5 Å². The van der Waals surface area contributed by atoms with E-state index in [1.807, 2.05) is 18.2 Å². The Morgan fingerprint density at radius 1 is 1.32 bits per heavy atom. The Morgan fingerprint density at radius 2 is 2.16 bits per heavy atom. The van der Waals surface area contributed by atoms with Gasteiger partial charge in [0.15, 0.2) is 5.82 Å². The maximum Gasteiger partial charge on any atom is 0.258 e. The lowest BCUT2D eigenvalue weighted by atomic mass is 10.1. The quantitative estimate of drug-likeness (QED) is 0.849. The van der Waals surface area contributed by atoms with Gasteiger partial charge in [0.1, 0.15) is 0 Å². The van der Waals surface area contributed by atoms with Crippen LogP contribution in [-0.4, -0.2) is 10.1 Å². The van der Waals surface area contributed by atoms with Gasteiger partial charge in [-0.05, 0) is 43.4 Å². The Bertz CT molecular complexity index is 576. The lowest BCUT2D eigenvalue weighted by molar-refractivity contribution is 0.414. The van der Waals surface area contributed by atoms with E-state index in [-0.39, 0.29) is 0 Å². The van der Waals surface area contributed by atoms with Crippen LogP contribution in [0.2, 0.25) is 0 Å². The Morgan fingerprint density at radius 3 is 2.84 bits per heavy atom. The molecule has 1 aliphatic rings. The zero-order chi connectivity index (χ0) is 13.4. The summed E-state index contributed by atoms with van der Waals surface area (Å²) in [6.07, 6.45) is 3.55. The molecule has 1 aromatic heterocycles. The number of hydrogen-bond donors (Lipinski definition) is 1. The first-order chi connectivity index (χ1) is 9.11. The van der Waals surface area contributed by atoms with Crippen LogP contribution < -0.4 is 5.73 Å². The van der Waals surface area contributed by atoms with Gasteiger partial charge >= 0.3 is 0 Å². The first kappa shape index (κ1) is 12.7. The Labute approximate surface area is 120 Å². The molecule has 1 aromatic carbocycles. The molecule has 2 aromatic rings. The number of aromatic nitrogens is 2. The summed E-state index contributed by atoms with van der Waals surface area (Å²) in [5, 5.41) is 4.13. The first-order valence-electron chi connectivity index (χ1n) is 6.52. The molecule has 3 rings (SSSR count). The van der Waals surface area contributed by atoms with Crippen LogP contribution in [0.25, 0.3) is 11.5 Å². The minimum Gasteiger partial charge on any atom is -0.399 e. The highest BCUT2D eigenvalue weighted by atomic mass is 79.9. The third kappa shape index (κ3) is 2.66. The van der Waals surface area contributed by atoms with Crippen molar-refractivity contribution < 1.29 is 4.52 Å². The van der Waals surface area contributed by atoms with Crippen LogP contribution in [0.15, 0.2) is 27.2 Å². The summed E-state index contributed by atoms with van der Waals surface area (Å²) >= 11 is 3.42. The van der Waals surface area contributed by atoms with E-state index in [1.165, 1.54) is 6.42 Å². The fourth-order valence-corrected chi connectivity index (χ4v) is 3.21. The van der Waals surface area contributed by atoms with E-state index in [9.17, 15) is 0 Å². The summed E-state index contributed by atoms with van der Waals surface area (Å²) in [5.74, 6) is 2.57. The smallest absolute Gasteiger partial charge is 0.258 e. The van der Waals surface area contributed by atoms with Gasteiger partial charge in [-0.3, -0.25) is 0 Å². The number of halogens is 1. The number of anilines is 1. The third-order valence-corrected chi connectivity index (χ3v) is 4.13. The average molecular weight is 322 g/mol. The Balaban J connectivity index is 1.88. The summed E-state index contributed by atoms with van der Waals surface area (Å²) in [4.78, 5) is 4.52. The van der Waals surface area contributed by atoms with Crippen LogP contribution in [0.5, 0.6) is 0 Å². The van der Waals surface area contributed by atoms with Crippen molar-refractivity contribution in [3.63, 3.8) is 0 Å². The van der Waals surface area contributed by atoms with Gasteiger partial charge in [0, 0.05) is 21.6 Å². The zero-order valence-electron chi connectivity index (χ0n) is 10.8. The van der Waals surface area contributed by atoms with E-state index in [0.29, 0.717) is 17.5 Å². The third-order valence-electron chi connectivity index (χ3n) is 3.67. The standard InChI is InChI=1S/C14H16BrN3O/c1-8-2-3-9(4-8)13-17-14(19-18-13)10-5-11(15)7-12(16)6-10/h5-9H,2-4,16H2,1H3. The van der Waals surface area contributed by atoms with Gasteiger partial charge < -0.3 is 10.3 Å². The van der Waals surface area contributed by atoms with Crippen LogP contribution >= 0.6 is 15.9 Å². The molecule has 0 aliphatic heterocycles. The van der Waals surface area contributed by atoms with Crippen molar-refractivity contribution in [1.82, 2.24) is 10.1 Å². The molecule has 5 heteroatoms. The first-order valence-corrected chi connectivity index (χ1v) is 7.31. The molecular weight excluding hydrogens is 306 g/mol. The van der Waals surface area contributed by atoms with E-state index < -0.39 is 0 Å². The molecule has 100 valence electrons. The van der Waals surface area contributed by atoms with E-state index in [0.717, 1.165) is 34.6 Å². The maximum atomic E-state index is 5.82. The summed E-state index contributed by atoms with van der Waals surface area (Å²) < 4.78 is 6.28. The molecule has 1 heterocycles. The molecule has 2 N–H and O–H groups in total. The van der Waals surface area contributed by atoms with E-state index >= 15 is 0 Å². The van der Waals surface area contributed by atoms with E-state index in [4.69, 9.17) is 10.3 Å². The van der Waals surface area contributed by atoms with Gasteiger partial charge in [-0.15, -0.1) is 0 Å². The molecule has 1 aliphatic carbocycles. The summed E-state index contributed by atoms with van der Waals surface area (Å²) in [6, 6.07) is 5.63. The van der Waals surface area contributed by atoms with E-state index in [2.05, 4.69) is 33.0 Å². The van der Waals surface area contributed by atoms with Gasteiger partial charge in [0.05, 0.1) is 0 Å². The van der Waals surface area contributed by atoms with Gasteiger partial charge in [-0.25, -0.2) is 0 Å². The molecule has 0 spiro atoms. The van der Waals surface area contributed by atoms with Crippen molar-refractivity contribution >= 4 is 21.6 Å². The molecule has 2 unspecified atom stereocenters. The monoisotopic (exact) mass is 321 g/mol. The second-order valence-electron chi connectivity index (χ2n) is 5.35. The Hall–Kier alpha value is -1.36. The SMILES string of the molecule is CC1CCC(c2noc(-c3cc(N)cc(Br)c3)n2)C1. The van der Waals surface area contributed by atoms with Gasteiger partial charge in [-0.2, -0.15) is 4.98 Å². The summed E-state index contributed by atoms with van der Waals surface area (Å²) in [6.45, 7) is 2.27. The highest BCUT2D eigenvalue weighted by Gasteiger charge is 2.27. The van der Waals surface area contributed by atoms with Crippen LogP contribution in [0.4, 0.5) is 5.69 Å². The van der Waals surface area contributed by atoms with E-state index in [1.54, 1.807) is 0 Å². The second kappa shape index (κ2) is 4.96. The molecule has 1 fully saturated rings. The molecule has 4 nitrogen and oxygen atoms in total. The normalized spacial score (nSPS) is 22.8. The average Bonchev–Trinajstić information content (AvgIpc) is 2.95. The molecule has 0 amide bonds. The minimum atomic E-state index is 0.442. The van der Waals surface area contributed by atoms with Crippen LogP contribution in [0.1, 0.15) is 37.9 Å². The number of rotatable bonds is 2. The largest absolute Gasteiger partial charge is 0.399 e. The van der Waals surface area contributed by atoms with Crippen molar-refractivity contribution in [3.8, 4) is 11.5 Å². The van der Waals surface area contributed by atoms with Crippen molar-refractivity contribution in [2.45, 2.75) is 32.1 Å². The highest BCUT2D eigenvalue weighted by Crippen LogP contribution is 2.37. The predicted octanol–water partition coefficient (Wildman–Crippen LogP) is 3.98. The minimum absolute atomic E-state index is 0.442. The Kier molecular flexibility index (Phi) is 3.31. The number of nitrogens with zero attached hydrogens (tertiary/aromatic N) is 2. The lowest BCUT2D eigenvalue weighted by Gasteiger charge is -2.02. The molecular formula is C14H16BrN3O. The highest BCUT2D eigenvalue weighted by molar-refractivity contribution is 9.10. The fourth-order valence-electron chi connectivity index (χ4n) is 2.70. The number of nitrogen functional groups attached to an aromatic ring is 1. The van der Waals surface area contributed by atoms with Gasteiger partial charge in [0.2, 0.25) is 0 Å². The van der Waals surface area contributed by atoms with Crippen molar-refractivity contribution in [2.24, 2.45) is 5.92 Å². The second-order valence-corrected chi connectivity index (χ2v) is 6.26. The van der Waals surface area contributed by atoms with Gasteiger partial charge in [-0.1, -0.05) is 28.0 Å². The van der Waals surface area contributed by atoms with Crippen molar-refractivity contribution in [2.75, 3.05) is 5.73 Å². The fraction of sp³-hybridized carbons (Fsp3) is 0.429. The van der Waals surface area contributed by atoms with Crippen LogP contribution in [0.3, 0.4) is 0 Å². The predicted molar refractivity (Wildman–Crippen MR) is 77.6 cm³/mol. The molecule has 19 heavy (non-hydrogen) atoms. The molecule has 1 saturated carbocycles. The zero-order valence-corrected chi connectivity index (χ0v) is 12.4. The van der Waals surface area contributed by atoms with Crippen molar-refractivity contribution in [1.29, 1.82) is 0 Å². The number of hydrogen-bond acceptors (Lipinski definition) is 4. The number of nitrogens with two attached hydrogens (primary N) is 1. The van der Waals surface area contributed by atoms with Crippen LogP contribution in [0, 0.1) is 5.92 Å². The summed E-state index contributed by atoms with van der Waals surface area (Å²) in [7, 11) is 0. The molecule has 0 bridgehead atoms. The van der Waals surface area contributed by atoms with Gasteiger partial charge in [0.25, 0.3) is 5.89 Å². The summed E-state index contributed by atoms with van der Waals surface area (Å²) in [5.41, 5.74) is 7.36. The van der Waals surface area contributed by atoms with Crippen LogP contribution in [-0.2, 0) is 0 Å². The molecule has 0 radical (unpaired) electrons. The topological polar surface area (TPSA) is 64.9 Å². The number of benzene rings is 1. The molecule has 2 atom stereocenters. The lowest BCUT2D eigenvalue weighted by Crippen LogP contribution is -1.96. The molecule has 0 saturated heterocycles.